The number of rotatable bonds is 7. The molecule has 0 aromatic heterocycles. The van der Waals surface area contributed by atoms with Crippen LogP contribution in [0.2, 0.25) is 5.02 Å². The molecule has 1 rings (SSSR count). The van der Waals surface area contributed by atoms with Crippen molar-refractivity contribution in [2.75, 3.05) is 13.2 Å². The average molecular weight is 425 g/mol. The van der Waals surface area contributed by atoms with Gasteiger partial charge >= 0.3 is 16.3 Å². The van der Waals surface area contributed by atoms with Gasteiger partial charge in [-0.15, -0.1) is 0 Å². The lowest BCUT2D eigenvalue weighted by atomic mass is 10.1. The molecule has 11 heteroatoms. The number of carbonyl (C=O) groups excluding carboxylic acids is 1. The van der Waals surface area contributed by atoms with Crippen LogP contribution in [-0.4, -0.2) is 31.3 Å². The van der Waals surface area contributed by atoms with Crippen molar-refractivity contribution in [2.45, 2.75) is 16.8 Å². The summed E-state index contributed by atoms with van der Waals surface area (Å²) in [7, 11) is -4.20. The van der Waals surface area contributed by atoms with Gasteiger partial charge in [-0.25, -0.2) is 0 Å². The maximum absolute atomic E-state index is 11.7. The summed E-state index contributed by atoms with van der Waals surface area (Å²) in [6.07, 6.45) is -0.938. The summed E-state index contributed by atoms with van der Waals surface area (Å²) < 4.78 is 33.2. The van der Waals surface area contributed by atoms with E-state index in [1.165, 1.54) is 6.92 Å². The van der Waals surface area contributed by atoms with Gasteiger partial charge in [0, 0.05) is 17.5 Å². The molecule has 0 saturated heterocycles. The quantitative estimate of drug-likeness (QED) is 0.536. The molecule has 0 radical (unpaired) electrons. The molecule has 1 atom stereocenters. The molecular weight excluding hydrogens is 412 g/mol. The SMILES string of the molecule is CC(=O)O[C@H](CNS(=O)(=O)OCC(Cl)(Cl)Cl)c1ccccc1Cl. The molecule has 6 nitrogen and oxygen atoms in total. The Balaban J connectivity index is 2.79. The zero-order valence-electron chi connectivity index (χ0n) is 11.8. The molecule has 0 unspecified atom stereocenters. The van der Waals surface area contributed by atoms with Gasteiger partial charge in [-0.1, -0.05) is 64.6 Å². The summed E-state index contributed by atoms with van der Waals surface area (Å²) in [5.41, 5.74) is 0.438. The van der Waals surface area contributed by atoms with Crippen molar-refractivity contribution in [2.24, 2.45) is 0 Å². The van der Waals surface area contributed by atoms with Gasteiger partial charge in [0.25, 0.3) is 0 Å². The second-order valence-electron chi connectivity index (χ2n) is 4.30. The number of alkyl halides is 3. The van der Waals surface area contributed by atoms with Crippen molar-refractivity contribution in [3.63, 3.8) is 0 Å². The monoisotopic (exact) mass is 423 g/mol. The lowest BCUT2D eigenvalue weighted by Crippen LogP contribution is -2.33. The van der Waals surface area contributed by atoms with Gasteiger partial charge in [-0.3, -0.25) is 8.98 Å². The Morgan fingerprint density at radius 2 is 1.91 bits per heavy atom. The third-order valence-corrected chi connectivity index (χ3v) is 4.00. The van der Waals surface area contributed by atoms with Crippen molar-refractivity contribution in [1.82, 2.24) is 4.72 Å². The summed E-state index contributed by atoms with van der Waals surface area (Å²) >= 11 is 22.3. The highest BCUT2D eigenvalue weighted by atomic mass is 35.6. The minimum Gasteiger partial charge on any atom is -0.456 e. The maximum atomic E-state index is 11.7. The summed E-state index contributed by atoms with van der Waals surface area (Å²) in [5.74, 6) is -0.601. The Bertz CT molecular complexity index is 647. The van der Waals surface area contributed by atoms with Crippen molar-refractivity contribution < 1.29 is 22.1 Å². The van der Waals surface area contributed by atoms with Gasteiger partial charge < -0.3 is 4.74 Å². The zero-order chi connectivity index (χ0) is 17.7. The molecule has 0 aliphatic carbocycles. The van der Waals surface area contributed by atoms with Crippen LogP contribution in [0, 0.1) is 0 Å². The Morgan fingerprint density at radius 3 is 2.43 bits per heavy atom. The minimum atomic E-state index is -4.20. The fourth-order valence-corrected chi connectivity index (χ4v) is 2.90. The molecule has 0 saturated carbocycles. The standard InChI is InChI=1S/C12H13Cl4NO5S/c1-8(18)22-11(9-4-2-3-5-10(9)13)6-17-23(19,20)21-7-12(14,15)16/h2-5,11,17H,6-7H2,1H3/t11-/m1/s1. The predicted octanol–water partition coefficient (Wildman–Crippen LogP) is 3.17. The van der Waals surface area contributed by atoms with Crippen LogP contribution in [0.25, 0.3) is 0 Å². The molecule has 130 valence electrons. The highest BCUT2D eigenvalue weighted by molar-refractivity contribution is 7.84. The molecule has 0 bridgehead atoms. The van der Waals surface area contributed by atoms with E-state index in [9.17, 15) is 13.2 Å². The second kappa shape index (κ2) is 8.71. The van der Waals surface area contributed by atoms with Crippen molar-refractivity contribution in [1.29, 1.82) is 0 Å². The summed E-state index contributed by atoms with van der Waals surface area (Å²) in [6.45, 7) is 0.223. The van der Waals surface area contributed by atoms with Gasteiger partial charge in [-0.05, 0) is 6.07 Å². The van der Waals surface area contributed by atoms with Crippen molar-refractivity contribution >= 4 is 62.7 Å². The molecule has 0 spiro atoms. The van der Waals surface area contributed by atoms with Gasteiger partial charge in [-0.2, -0.15) is 13.1 Å². The highest BCUT2D eigenvalue weighted by Crippen LogP contribution is 2.27. The van der Waals surface area contributed by atoms with Crippen LogP contribution >= 0.6 is 46.4 Å². The smallest absolute Gasteiger partial charge is 0.336 e. The molecule has 0 fully saturated rings. The normalized spacial score (nSPS) is 13.6. The summed E-state index contributed by atoms with van der Waals surface area (Å²) in [6, 6.07) is 6.55. The van der Waals surface area contributed by atoms with E-state index in [4.69, 9.17) is 51.1 Å². The number of benzene rings is 1. The lowest BCUT2D eigenvalue weighted by molar-refractivity contribution is -0.146. The fourth-order valence-electron chi connectivity index (χ4n) is 1.52. The Morgan fingerprint density at radius 1 is 1.30 bits per heavy atom. The predicted molar refractivity (Wildman–Crippen MR) is 89.1 cm³/mol. The molecule has 1 aromatic rings. The first kappa shape index (κ1) is 20.8. The molecule has 0 aliphatic heterocycles. The van der Waals surface area contributed by atoms with Crippen LogP contribution in [-0.2, 0) is 24.0 Å². The first-order valence-corrected chi connectivity index (χ1v) is 9.04. The van der Waals surface area contributed by atoms with Crippen LogP contribution in [0.1, 0.15) is 18.6 Å². The van der Waals surface area contributed by atoms with Crippen LogP contribution in [0.5, 0.6) is 0 Å². The van der Waals surface area contributed by atoms with E-state index in [2.05, 4.69) is 8.91 Å². The van der Waals surface area contributed by atoms with Gasteiger partial charge in [0.1, 0.15) is 12.7 Å². The maximum Gasteiger partial charge on any atom is 0.336 e. The van der Waals surface area contributed by atoms with Crippen LogP contribution in [0.4, 0.5) is 0 Å². The molecule has 0 aliphatic rings. The largest absolute Gasteiger partial charge is 0.456 e. The molecule has 23 heavy (non-hydrogen) atoms. The summed E-state index contributed by atoms with van der Waals surface area (Å²) in [4.78, 5) is 11.2. The molecule has 1 aromatic carbocycles. The molecule has 0 heterocycles. The minimum absolute atomic E-state index is 0.300. The van der Waals surface area contributed by atoms with Crippen LogP contribution in [0.15, 0.2) is 24.3 Å². The van der Waals surface area contributed by atoms with Gasteiger partial charge in [0.2, 0.25) is 3.79 Å². The number of halogens is 4. The number of hydrogen-bond acceptors (Lipinski definition) is 5. The molecule has 1 N–H and O–H groups in total. The number of nitrogens with one attached hydrogen (secondary N) is 1. The van der Waals surface area contributed by atoms with Gasteiger partial charge in [0.05, 0.1) is 6.54 Å². The van der Waals surface area contributed by atoms with E-state index in [0.717, 1.165) is 0 Å². The first-order valence-electron chi connectivity index (χ1n) is 6.12. The van der Waals surface area contributed by atoms with E-state index in [1.807, 2.05) is 0 Å². The number of carbonyl (C=O) groups is 1. The van der Waals surface area contributed by atoms with E-state index in [0.29, 0.717) is 10.6 Å². The second-order valence-corrected chi connectivity index (χ2v) is 8.66. The number of ether oxygens (including phenoxy) is 1. The van der Waals surface area contributed by atoms with Gasteiger partial charge in [0.15, 0.2) is 0 Å². The third kappa shape index (κ3) is 8.39. The van der Waals surface area contributed by atoms with E-state index in [1.54, 1.807) is 24.3 Å². The first-order chi connectivity index (χ1) is 10.5. The Labute approximate surface area is 154 Å². The Hall–Kier alpha value is -0.280. The lowest BCUT2D eigenvalue weighted by Gasteiger charge is -2.19. The van der Waals surface area contributed by atoms with Crippen molar-refractivity contribution in [3.05, 3.63) is 34.9 Å². The van der Waals surface area contributed by atoms with Crippen molar-refractivity contribution in [3.8, 4) is 0 Å². The van der Waals surface area contributed by atoms with E-state index < -0.39 is 32.8 Å². The highest BCUT2D eigenvalue weighted by Gasteiger charge is 2.26. The zero-order valence-corrected chi connectivity index (χ0v) is 15.6. The van der Waals surface area contributed by atoms with Crippen LogP contribution < -0.4 is 4.72 Å². The average Bonchev–Trinajstić information content (AvgIpc) is 2.41. The number of hydrogen-bond donors (Lipinski definition) is 1. The van der Waals surface area contributed by atoms with E-state index in [-0.39, 0.29) is 6.54 Å². The van der Waals surface area contributed by atoms with Crippen LogP contribution in [0.3, 0.4) is 0 Å². The molecular formula is C12H13Cl4NO5S. The number of esters is 1. The molecule has 0 amide bonds. The Kier molecular flexibility index (Phi) is 7.86. The summed E-state index contributed by atoms with van der Waals surface area (Å²) in [5, 5.41) is 0.320. The fraction of sp³-hybridized carbons (Fsp3) is 0.417. The third-order valence-electron chi connectivity index (χ3n) is 2.38. The van der Waals surface area contributed by atoms with E-state index >= 15 is 0 Å². The topological polar surface area (TPSA) is 81.7 Å².